The predicted molar refractivity (Wildman–Crippen MR) is 468 cm³/mol. The number of aromatic nitrogens is 6. The van der Waals surface area contributed by atoms with Crippen molar-refractivity contribution in [3.8, 4) is 34.3 Å². The highest BCUT2D eigenvalue weighted by Crippen LogP contribution is 2.42. The van der Waals surface area contributed by atoms with Crippen LogP contribution in [0.5, 0.6) is 17.2 Å². The topological polar surface area (TPSA) is 168 Å². The van der Waals surface area contributed by atoms with Crippen molar-refractivity contribution in [2.75, 3.05) is 21.3 Å². The molecule has 3 heterocycles. The zero-order chi connectivity index (χ0) is 80.9. The summed E-state index contributed by atoms with van der Waals surface area (Å²) in [7, 11) is 4.97. The van der Waals surface area contributed by atoms with Gasteiger partial charge in [0.1, 0.15) is 17.2 Å². The minimum absolute atomic E-state index is 0.163. The zero-order valence-corrected chi connectivity index (χ0v) is 69.6. The summed E-state index contributed by atoms with van der Waals surface area (Å²) in [6.07, 6.45) is 17.2. The van der Waals surface area contributed by atoms with Gasteiger partial charge in [0.2, 0.25) is 0 Å². The molecule has 2 atom stereocenters. The minimum atomic E-state index is -0.584. The monoisotopic (exact) mass is 1650 g/mol. The van der Waals surface area contributed by atoms with E-state index in [-0.39, 0.29) is 29.8 Å². The molecule has 0 saturated carbocycles. The highest BCUT2D eigenvalue weighted by molar-refractivity contribution is 6.37. The van der Waals surface area contributed by atoms with Gasteiger partial charge in [-0.3, -0.25) is 14.4 Å². The SMILES string of the molecule is COc1ccc(/C=C2\CCCCc3c(C(=O)NC(C)(C)c4ccccc4)nn(-c4ccc(Cl)cc4Cl)c32)cc1.COc1ccc(/C=C2\CCCCc3c(C(=O)N[C@@H](C)c4ccccc4)nn(-c4ccc(Cl)cc4Cl)c32)cc1.COc1ccc(/C=C2\CCCCc3c(C(=O)N[C@H](C)c4ccccc4)nn(-c4ccc(Cl)cc4Cl)c32)cc1. The van der Waals surface area contributed by atoms with Gasteiger partial charge >= 0.3 is 0 Å². The van der Waals surface area contributed by atoms with E-state index in [0.29, 0.717) is 64.3 Å². The number of carbonyl (C=O) groups is 3. The lowest BCUT2D eigenvalue weighted by Gasteiger charge is -2.26. The van der Waals surface area contributed by atoms with Crippen molar-refractivity contribution < 1.29 is 28.6 Å². The number of hydrogen-bond donors (Lipinski definition) is 3. The molecule has 9 aromatic carbocycles. The smallest absolute Gasteiger partial charge is 0.272 e. The lowest BCUT2D eigenvalue weighted by molar-refractivity contribution is 0.0901. The van der Waals surface area contributed by atoms with Crippen molar-refractivity contribution in [1.82, 2.24) is 45.3 Å². The lowest BCUT2D eigenvalue weighted by Crippen LogP contribution is -2.41. The number of fused-ring (bicyclic) bond motifs is 3. The maximum absolute atomic E-state index is 13.9. The van der Waals surface area contributed by atoms with Crippen LogP contribution < -0.4 is 30.2 Å². The van der Waals surface area contributed by atoms with E-state index in [1.54, 1.807) is 57.7 Å². The van der Waals surface area contributed by atoms with E-state index in [1.807, 2.05) is 224 Å². The fourth-order valence-electron chi connectivity index (χ4n) is 14.9. The van der Waals surface area contributed by atoms with Gasteiger partial charge < -0.3 is 30.2 Å². The van der Waals surface area contributed by atoms with Gasteiger partial charge in [0.05, 0.1) is 88.2 Å². The van der Waals surface area contributed by atoms with E-state index in [0.717, 1.165) is 178 Å². The van der Waals surface area contributed by atoms with Crippen LogP contribution in [0.2, 0.25) is 30.1 Å². The summed E-state index contributed by atoms with van der Waals surface area (Å²) in [5.74, 6) is 1.79. The standard InChI is InChI=1S/C32H31Cl2N3O2.2C31H29Cl2N3O2/c1-32(2,23-10-5-4-6-11-23)35-31(38)29-26-12-8-7-9-22(19-21-13-16-25(39-3)17-14-21)30(26)37(36-29)28-18-15-24(33)20-27(28)34;2*1-20(22-8-4-3-5-9-22)34-31(37)29-26-11-7-6-10-23(18-21-12-15-25(38-2)16-13-21)30(26)36(35-29)28-17-14-24(32)19-27(28)33/h4-6,10-11,13-20H,7-9,12H2,1-3H3,(H,35,38);2*3-5,8-9,12-20H,6-7,10-11H2,1-2H3,(H,34,37)/b22-19+;2*23-18+/t;2*20-/m.10/s1. The summed E-state index contributed by atoms with van der Waals surface area (Å²) in [5.41, 5.74) is 17.8. The van der Waals surface area contributed by atoms with Crippen LogP contribution in [0.25, 0.3) is 52.0 Å². The molecule has 3 amide bonds. The first-order chi connectivity index (χ1) is 55.6. The third-order valence-electron chi connectivity index (χ3n) is 20.9. The molecule has 15 rings (SSSR count). The average Bonchev–Trinajstić information content (AvgIpc) is 1.62. The van der Waals surface area contributed by atoms with Gasteiger partial charge in [0, 0.05) is 31.8 Å². The summed E-state index contributed by atoms with van der Waals surface area (Å²) in [6, 6.07) is 69.3. The molecule has 3 N–H and O–H groups in total. The second-order valence-corrected chi connectivity index (χ2v) is 31.7. The molecule has 0 bridgehead atoms. The van der Waals surface area contributed by atoms with Crippen molar-refractivity contribution in [2.24, 2.45) is 0 Å². The van der Waals surface area contributed by atoms with Crippen LogP contribution in [0.3, 0.4) is 0 Å². The van der Waals surface area contributed by atoms with Crippen LogP contribution in [-0.4, -0.2) is 68.4 Å². The Morgan fingerprint density at radius 2 is 0.670 bits per heavy atom. The van der Waals surface area contributed by atoms with Gasteiger partial charge in [0.25, 0.3) is 17.7 Å². The molecule has 0 spiro atoms. The molecule has 588 valence electrons. The Bertz CT molecular complexity index is 5340. The van der Waals surface area contributed by atoms with E-state index in [9.17, 15) is 14.4 Å². The minimum Gasteiger partial charge on any atom is -0.497 e. The second-order valence-electron chi connectivity index (χ2n) is 29.2. The molecule has 21 heteroatoms. The molecular formula is C94H89Cl6N9O6. The van der Waals surface area contributed by atoms with Crippen LogP contribution in [0.1, 0.15) is 196 Å². The molecule has 12 aromatic rings. The number of carbonyl (C=O) groups excluding carboxylic acids is 3. The Balaban J connectivity index is 0.000000150. The van der Waals surface area contributed by atoms with Crippen LogP contribution in [0.15, 0.2) is 218 Å². The highest BCUT2D eigenvalue weighted by atomic mass is 35.5. The number of methoxy groups -OCH3 is 3. The van der Waals surface area contributed by atoms with Crippen LogP contribution >= 0.6 is 69.6 Å². The van der Waals surface area contributed by atoms with E-state index in [2.05, 4.69) is 34.2 Å². The number of nitrogens with zero attached hydrogens (tertiary/aromatic N) is 6. The molecule has 3 aromatic heterocycles. The van der Waals surface area contributed by atoms with E-state index < -0.39 is 5.54 Å². The lowest BCUT2D eigenvalue weighted by atomic mass is 9.94. The number of nitrogens with one attached hydrogen (secondary N) is 3. The summed E-state index contributed by atoms with van der Waals surface area (Å²) in [4.78, 5) is 41.2. The van der Waals surface area contributed by atoms with Gasteiger partial charge in [-0.05, 0) is 264 Å². The van der Waals surface area contributed by atoms with Crippen LogP contribution in [0, 0.1) is 0 Å². The van der Waals surface area contributed by atoms with Crippen LogP contribution in [0.4, 0.5) is 0 Å². The average molecular weight is 1650 g/mol. The molecule has 0 radical (unpaired) electrons. The second kappa shape index (κ2) is 37.8. The molecule has 115 heavy (non-hydrogen) atoms. The van der Waals surface area contributed by atoms with Gasteiger partial charge in [0.15, 0.2) is 17.1 Å². The maximum Gasteiger partial charge on any atom is 0.272 e. The molecule has 0 fully saturated rings. The first-order valence-electron chi connectivity index (χ1n) is 38.5. The van der Waals surface area contributed by atoms with Crippen molar-refractivity contribution in [2.45, 2.75) is 122 Å². The highest BCUT2D eigenvalue weighted by Gasteiger charge is 2.34. The quantitative estimate of drug-likeness (QED) is 0.0708. The Morgan fingerprint density at radius 3 is 0.965 bits per heavy atom. The number of halogens is 6. The number of hydrogen-bond acceptors (Lipinski definition) is 9. The van der Waals surface area contributed by atoms with Crippen molar-refractivity contribution in [3.63, 3.8) is 0 Å². The third-order valence-corrected chi connectivity index (χ3v) is 22.5. The number of rotatable bonds is 18. The normalized spacial score (nSPS) is 14.8. The Kier molecular flexibility index (Phi) is 27.1. The number of amides is 3. The Hall–Kier alpha value is -10.6. The van der Waals surface area contributed by atoms with E-state index >= 15 is 0 Å². The van der Waals surface area contributed by atoms with Crippen molar-refractivity contribution in [3.05, 3.63) is 333 Å². The summed E-state index contributed by atoms with van der Waals surface area (Å²) in [5, 5.41) is 27.2. The van der Waals surface area contributed by atoms with Gasteiger partial charge in [-0.2, -0.15) is 15.3 Å². The largest absolute Gasteiger partial charge is 0.497 e. The van der Waals surface area contributed by atoms with Crippen LogP contribution in [-0.2, 0) is 24.8 Å². The Labute approximate surface area is 701 Å². The fraction of sp³-hybridized carbons (Fsp3) is 0.234. The molecular weight excluding hydrogens is 1560 g/mol. The van der Waals surface area contributed by atoms with Crippen molar-refractivity contribution in [1.29, 1.82) is 0 Å². The molecule has 15 nitrogen and oxygen atoms in total. The van der Waals surface area contributed by atoms with Gasteiger partial charge in [-0.25, -0.2) is 14.0 Å². The first-order valence-corrected chi connectivity index (χ1v) is 40.8. The van der Waals surface area contributed by atoms with Crippen molar-refractivity contribution >= 4 is 122 Å². The zero-order valence-electron chi connectivity index (χ0n) is 65.1. The Morgan fingerprint density at radius 1 is 0.383 bits per heavy atom. The maximum atomic E-state index is 13.9. The fourth-order valence-corrected chi connectivity index (χ4v) is 16.3. The van der Waals surface area contributed by atoms with E-state index in [1.165, 1.54) is 0 Å². The summed E-state index contributed by atoms with van der Waals surface area (Å²) >= 11 is 38.6. The van der Waals surface area contributed by atoms with Gasteiger partial charge in [-0.1, -0.05) is 197 Å². The van der Waals surface area contributed by atoms with E-state index in [4.69, 9.17) is 99.1 Å². The molecule has 3 aliphatic rings. The molecule has 0 aliphatic heterocycles. The first kappa shape index (κ1) is 82.4. The number of benzene rings is 9. The summed E-state index contributed by atoms with van der Waals surface area (Å²) in [6.45, 7) is 7.96. The van der Waals surface area contributed by atoms with Gasteiger partial charge in [-0.15, -0.1) is 0 Å². The molecule has 0 unspecified atom stereocenters. The third kappa shape index (κ3) is 19.7. The number of allylic oxidation sites excluding steroid dienone is 3. The molecule has 0 saturated heterocycles. The predicted octanol–water partition coefficient (Wildman–Crippen LogP) is 24.0. The molecule has 3 aliphatic carbocycles. The summed E-state index contributed by atoms with van der Waals surface area (Å²) < 4.78 is 21.4. The number of ether oxygens (including phenoxy) is 3.